The van der Waals surface area contributed by atoms with Gasteiger partial charge in [0, 0.05) is 18.4 Å². The van der Waals surface area contributed by atoms with Gasteiger partial charge in [-0.25, -0.2) is 9.97 Å². The summed E-state index contributed by atoms with van der Waals surface area (Å²) in [5.74, 6) is 1.26. The van der Waals surface area contributed by atoms with Crippen LogP contribution in [0.15, 0.2) is 18.6 Å². The van der Waals surface area contributed by atoms with E-state index in [0.29, 0.717) is 11.9 Å². The van der Waals surface area contributed by atoms with Crippen LogP contribution in [0.4, 0.5) is 11.6 Å². The zero-order valence-electron chi connectivity index (χ0n) is 13.2. The summed E-state index contributed by atoms with van der Waals surface area (Å²) < 4.78 is 1.90. The molecule has 3 N–H and O–H groups in total. The Morgan fingerprint density at radius 1 is 1.38 bits per heavy atom. The number of nitrogens with one attached hydrogen (secondary N) is 1. The lowest BCUT2D eigenvalue weighted by Gasteiger charge is -2.20. The number of hydrogen-bond acceptors (Lipinski definition) is 5. The molecule has 21 heavy (non-hydrogen) atoms. The van der Waals surface area contributed by atoms with Crippen molar-refractivity contribution in [2.24, 2.45) is 0 Å². The first-order chi connectivity index (χ1) is 10.1. The molecule has 2 aromatic heterocycles. The summed E-state index contributed by atoms with van der Waals surface area (Å²) in [5.41, 5.74) is 6.65. The third kappa shape index (κ3) is 4.07. The van der Waals surface area contributed by atoms with Gasteiger partial charge in [0.15, 0.2) is 11.5 Å². The van der Waals surface area contributed by atoms with Crippen LogP contribution in [0.2, 0.25) is 0 Å². The van der Waals surface area contributed by atoms with Crippen LogP contribution in [0.5, 0.6) is 0 Å². The number of hydrogen-bond donors (Lipinski definition) is 2. The lowest BCUT2D eigenvalue weighted by Crippen LogP contribution is -2.26. The minimum atomic E-state index is 0.343. The molecule has 0 bridgehead atoms. The lowest BCUT2D eigenvalue weighted by molar-refractivity contribution is 0.295. The minimum Gasteiger partial charge on any atom is -0.382 e. The Morgan fingerprint density at radius 3 is 2.86 bits per heavy atom. The molecule has 1 atom stereocenters. The van der Waals surface area contributed by atoms with Gasteiger partial charge in [0.2, 0.25) is 0 Å². The van der Waals surface area contributed by atoms with Crippen LogP contribution < -0.4 is 11.1 Å². The van der Waals surface area contributed by atoms with E-state index >= 15 is 0 Å². The molecule has 0 saturated carbocycles. The van der Waals surface area contributed by atoms with E-state index in [1.807, 2.05) is 10.6 Å². The molecule has 0 aliphatic carbocycles. The predicted molar refractivity (Wildman–Crippen MR) is 87.5 cm³/mol. The molecule has 0 saturated heterocycles. The van der Waals surface area contributed by atoms with Crippen LogP contribution in [0.3, 0.4) is 0 Å². The molecule has 2 aromatic rings. The second-order valence-corrected chi connectivity index (χ2v) is 5.39. The monoisotopic (exact) mass is 290 g/mol. The second-order valence-electron chi connectivity index (χ2n) is 5.39. The van der Waals surface area contributed by atoms with Crippen molar-refractivity contribution in [2.45, 2.75) is 39.7 Å². The summed E-state index contributed by atoms with van der Waals surface area (Å²) in [6.07, 6.45) is 7.68. The van der Waals surface area contributed by atoms with Crippen LogP contribution >= 0.6 is 0 Å². The van der Waals surface area contributed by atoms with E-state index in [0.717, 1.165) is 37.5 Å². The van der Waals surface area contributed by atoms with Gasteiger partial charge >= 0.3 is 0 Å². The maximum absolute atomic E-state index is 5.83. The smallest absolute Gasteiger partial charge is 0.180 e. The molecular weight excluding hydrogens is 264 g/mol. The number of imidazole rings is 1. The van der Waals surface area contributed by atoms with E-state index in [-0.39, 0.29) is 0 Å². The predicted octanol–water partition coefficient (Wildman–Crippen LogP) is 2.23. The van der Waals surface area contributed by atoms with E-state index in [9.17, 15) is 0 Å². The number of anilines is 2. The zero-order chi connectivity index (χ0) is 15.2. The first-order valence-electron chi connectivity index (χ1n) is 7.72. The average Bonchev–Trinajstić information content (AvgIpc) is 2.92. The van der Waals surface area contributed by atoms with Gasteiger partial charge in [-0.2, -0.15) is 0 Å². The number of nitrogen functional groups attached to an aromatic ring is 1. The highest BCUT2D eigenvalue weighted by Crippen LogP contribution is 2.16. The molecule has 0 aliphatic rings. The summed E-state index contributed by atoms with van der Waals surface area (Å²) in [7, 11) is 0. The fraction of sp³-hybridized carbons (Fsp3) is 0.600. The molecule has 0 radical (unpaired) electrons. The number of fused-ring (bicyclic) bond motifs is 1. The van der Waals surface area contributed by atoms with E-state index in [1.165, 1.54) is 6.42 Å². The zero-order valence-corrected chi connectivity index (χ0v) is 13.2. The van der Waals surface area contributed by atoms with Crippen molar-refractivity contribution in [3.05, 3.63) is 18.6 Å². The fourth-order valence-corrected chi connectivity index (χ4v) is 2.51. The average molecular weight is 290 g/mol. The Balaban J connectivity index is 1.92. The highest BCUT2D eigenvalue weighted by molar-refractivity contribution is 5.65. The van der Waals surface area contributed by atoms with Crippen molar-refractivity contribution in [1.29, 1.82) is 0 Å². The molecule has 1 unspecified atom stereocenters. The number of nitrogens with two attached hydrogens (primary N) is 1. The van der Waals surface area contributed by atoms with Gasteiger partial charge in [-0.3, -0.25) is 0 Å². The van der Waals surface area contributed by atoms with E-state index in [2.05, 4.69) is 41.0 Å². The van der Waals surface area contributed by atoms with Crippen LogP contribution in [0, 0.1) is 0 Å². The molecule has 0 aromatic carbocycles. The summed E-state index contributed by atoms with van der Waals surface area (Å²) in [6.45, 7) is 9.95. The van der Waals surface area contributed by atoms with Crippen molar-refractivity contribution in [3.8, 4) is 0 Å². The second kappa shape index (κ2) is 7.26. The van der Waals surface area contributed by atoms with Gasteiger partial charge < -0.3 is 20.4 Å². The first kappa shape index (κ1) is 15.6. The molecule has 6 heteroatoms. The Kier molecular flexibility index (Phi) is 5.38. The Morgan fingerprint density at radius 2 is 2.14 bits per heavy atom. The van der Waals surface area contributed by atoms with E-state index in [1.54, 1.807) is 12.4 Å². The highest BCUT2D eigenvalue weighted by Gasteiger charge is 2.10. The van der Waals surface area contributed by atoms with Gasteiger partial charge in [-0.15, -0.1) is 0 Å². The van der Waals surface area contributed by atoms with Gasteiger partial charge in [-0.1, -0.05) is 13.8 Å². The van der Waals surface area contributed by atoms with E-state index < -0.39 is 0 Å². The number of nitrogens with zero attached hydrogens (tertiary/aromatic N) is 4. The third-order valence-corrected chi connectivity index (χ3v) is 3.78. The Bertz CT molecular complexity index is 560. The quantitative estimate of drug-likeness (QED) is 0.780. The van der Waals surface area contributed by atoms with Crippen LogP contribution in [-0.2, 0) is 0 Å². The standard InChI is InChI=1S/C15H26N6/c1-4-20(5-2)9-6-7-12(3)18-14-15-17-8-10-21(15)11-13(16)19-14/h8,10-12H,4-7,9,16H2,1-3H3,(H,18,19). The van der Waals surface area contributed by atoms with Crippen molar-refractivity contribution < 1.29 is 0 Å². The van der Waals surface area contributed by atoms with Crippen molar-refractivity contribution in [3.63, 3.8) is 0 Å². The fourth-order valence-electron chi connectivity index (χ4n) is 2.51. The van der Waals surface area contributed by atoms with Crippen LogP contribution in [-0.4, -0.2) is 44.9 Å². The van der Waals surface area contributed by atoms with E-state index in [4.69, 9.17) is 5.73 Å². The van der Waals surface area contributed by atoms with Gasteiger partial charge in [-0.05, 0) is 39.4 Å². The van der Waals surface area contributed by atoms with Gasteiger partial charge in [0.25, 0.3) is 0 Å². The van der Waals surface area contributed by atoms with Crippen LogP contribution in [0.1, 0.15) is 33.6 Å². The maximum atomic E-state index is 5.83. The molecule has 0 fully saturated rings. The third-order valence-electron chi connectivity index (χ3n) is 3.78. The summed E-state index contributed by atoms with van der Waals surface area (Å²) in [4.78, 5) is 11.1. The SMILES string of the molecule is CCN(CC)CCCC(C)Nc1nc(N)cn2ccnc12. The molecule has 2 rings (SSSR count). The molecule has 0 aliphatic heterocycles. The summed E-state index contributed by atoms with van der Waals surface area (Å²) in [5, 5.41) is 3.43. The summed E-state index contributed by atoms with van der Waals surface area (Å²) in [6, 6.07) is 0.343. The van der Waals surface area contributed by atoms with Gasteiger partial charge in [0.1, 0.15) is 5.82 Å². The molecule has 6 nitrogen and oxygen atoms in total. The van der Waals surface area contributed by atoms with Crippen molar-refractivity contribution in [1.82, 2.24) is 19.3 Å². The number of aromatic nitrogens is 3. The molecule has 0 spiro atoms. The topological polar surface area (TPSA) is 71.5 Å². The van der Waals surface area contributed by atoms with Crippen molar-refractivity contribution >= 4 is 17.3 Å². The Hall–Kier alpha value is -1.82. The lowest BCUT2D eigenvalue weighted by atomic mass is 10.1. The van der Waals surface area contributed by atoms with Gasteiger partial charge in [0.05, 0.1) is 6.20 Å². The number of rotatable bonds is 8. The Labute approximate surface area is 126 Å². The molecule has 116 valence electrons. The molecule has 0 amide bonds. The normalized spacial score (nSPS) is 13.0. The van der Waals surface area contributed by atoms with Crippen molar-refractivity contribution in [2.75, 3.05) is 30.7 Å². The molecule has 2 heterocycles. The summed E-state index contributed by atoms with van der Waals surface area (Å²) >= 11 is 0. The maximum Gasteiger partial charge on any atom is 0.180 e. The first-order valence-corrected chi connectivity index (χ1v) is 7.72. The molecular formula is C15H26N6. The van der Waals surface area contributed by atoms with Crippen LogP contribution in [0.25, 0.3) is 5.65 Å². The minimum absolute atomic E-state index is 0.343. The highest BCUT2D eigenvalue weighted by atomic mass is 15.1. The largest absolute Gasteiger partial charge is 0.382 e.